The molecule has 13 atom stereocenters. The molecule has 2 N–H and O–H groups in total. The third-order valence-corrected chi connectivity index (χ3v) is 9.71. The minimum Gasteiger partial charge on any atom is -0.462 e. The molecule has 42 heavy (non-hydrogen) atoms. The summed E-state index contributed by atoms with van der Waals surface area (Å²) >= 11 is 6.78. The molecule has 4 fully saturated rings. The molecular weight excluding hydrogens is 580 g/mol. The fraction of sp³-hybridized carbons (Fsp3) is 0.750. The molecule has 2 heterocycles. The first-order chi connectivity index (χ1) is 19.3. The maximum atomic E-state index is 13.0. The van der Waals surface area contributed by atoms with Crippen LogP contribution in [0.4, 0.5) is 0 Å². The minimum absolute atomic E-state index is 0.192. The molecule has 0 bridgehead atoms. The Morgan fingerprint density at radius 3 is 1.93 bits per heavy atom. The molecule has 4 aliphatic rings. The van der Waals surface area contributed by atoms with E-state index >= 15 is 0 Å². The standard InChI is InChI=1S/C28H37ClO13/c1-10-18(29)22-28(36,11(2)25(34)42-22)24(40-15(6)33)21-26(7,23(39-14(5)32)20-19(10)41-20)16(37-12(3)30)9-17(27(21,8)35)38-13(4)31/h11,16-24,35-36H,1,9H2,2-8H3/t11-,16-,17+,18-,19+,20+,21+,22-,23-,24+,26-,27+,28-/m0/s1. The first kappa shape index (κ1) is 32.2. The van der Waals surface area contributed by atoms with Crippen LogP contribution in [0.3, 0.4) is 0 Å². The van der Waals surface area contributed by atoms with Crippen molar-refractivity contribution in [2.45, 2.75) is 114 Å². The number of carbonyl (C=O) groups excluding carboxylic acids is 5. The normalized spacial score (nSPS) is 46.1. The van der Waals surface area contributed by atoms with Crippen LogP contribution >= 0.6 is 11.6 Å². The first-order valence-corrected chi connectivity index (χ1v) is 14.0. The van der Waals surface area contributed by atoms with Gasteiger partial charge < -0.3 is 38.6 Å². The van der Waals surface area contributed by atoms with Crippen molar-refractivity contribution < 1.29 is 62.6 Å². The molecule has 14 heteroatoms. The molecule has 2 saturated carbocycles. The van der Waals surface area contributed by atoms with Gasteiger partial charge in [-0.3, -0.25) is 24.0 Å². The molecule has 0 aromatic heterocycles. The zero-order chi connectivity index (χ0) is 31.7. The number of carbonyl (C=O) groups is 5. The molecule has 2 aliphatic heterocycles. The smallest absolute Gasteiger partial charge is 0.312 e. The van der Waals surface area contributed by atoms with Crippen molar-refractivity contribution in [3.63, 3.8) is 0 Å². The largest absolute Gasteiger partial charge is 0.462 e. The van der Waals surface area contributed by atoms with Crippen molar-refractivity contribution in [3.05, 3.63) is 12.2 Å². The first-order valence-electron chi connectivity index (χ1n) is 13.6. The van der Waals surface area contributed by atoms with Gasteiger partial charge in [-0.1, -0.05) is 13.5 Å². The summed E-state index contributed by atoms with van der Waals surface area (Å²) in [7, 11) is 0. The summed E-state index contributed by atoms with van der Waals surface area (Å²) in [6, 6.07) is 0. The number of halogens is 1. The Hall–Kier alpha value is -2.74. The van der Waals surface area contributed by atoms with Crippen LogP contribution in [0.15, 0.2) is 12.2 Å². The summed E-state index contributed by atoms with van der Waals surface area (Å²) < 4.78 is 34.3. The van der Waals surface area contributed by atoms with Gasteiger partial charge in [0.1, 0.15) is 42.2 Å². The fourth-order valence-electron chi connectivity index (χ4n) is 7.25. The number of alkyl halides is 1. The highest BCUT2D eigenvalue weighted by Crippen LogP contribution is 2.61. The van der Waals surface area contributed by atoms with Crippen LogP contribution < -0.4 is 0 Å². The molecule has 13 nitrogen and oxygen atoms in total. The predicted octanol–water partition coefficient (Wildman–Crippen LogP) is 0.728. The van der Waals surface area contributed by atoms with Crippen LogP contribution in [0, 0.1) is 17.3 Å². The second-order valence-corrected chi connectivity index (χ2v) is 12.5. The number of ether oxygens (including phenoxy) is 6. The molecule has 0 spiro atoms. The van der Waals surface area contributed by atoms with E-state index in [1.165, 1.54) is 20.8 Å². The van der Waals surface area contributed by atoms with Crippen LogP contribution in [0.25, 0.3) is 0 Å². The van der Waals surface area contributed by atoms with E-state index in [2.05, 4.69) is 6.58 Å². The average Bonchev–Trinajstić information content (AvgIpc) is 3.61. The third-order valence-electron chi connectivity index (χ3n) is 9.20. The third kappa shape index (κ3) is 4.97. The molecular formula is C28H37ClO13. The molecule has 4 rings (SSSR count). The van der Waals surface area contributed by atoms with Gasteiger partial charge in [-0.05, 0) is 19.4 Å². The van der Waals surface area contributed by atoms with Crippen molar-refractivity contribution in [1.82, 2.24) is 0 Å². The summed E-state index contributed by atoms with van der Waals surface area (Å²) in [5, 5.41) is 23.6. The fourth-order valence-corrected chi connectivity index (χ4v) is 7.63. The van der Waals surface area contributed by atoms with Crippen LogP contribution in [0.5, 0.6) is 0 Å². The van der Waals surface area contributed by atoms with Crippen molar-refractivity contribution in [2.75, 3.05) is 0 Å². The molecule has 0 amide bonds. The Balaban J connectivity index is 2.10. The van der Waals surface area contributed by atoms with Crippen LogP contribution in [-0.2, 0) is 52.4 Å². The second-order valence-electron chi connectivity index (χ2n) is 12.0. The minimum atomic E-state index is -2.42. The highest BCUT2D eigenvalue weighted by atomic mass is 35.5. The quantitative estimate of drug-likeness (QED) is 0.148. The topological polar surface area (TPSA) is 184 Å². The van der Waals surface area contributed by atoms with Gasteiger partial charge in [0.2, 0.25) is 0 Å². The molecule has 0 aromatic carbocycles. The van der Waals surface area contributed by atoms with Gasteiger partial charge in [0, 0.05) is 40.0 Å². The Morgan fingerprint density at radius 1 is 0.905 bits per heavy atom. The Labute approximate surface area is 247 Å². The van der Waals surface area contributed by atoms with E-state index in [9.17, 15) is 34.2 Å². The van der Waals surface area contributed by atoms with E-state index in [1.54, 1.807) is 0 Å². The van der Waals surface area contributed by atoms with Crippen molar-refractivity contribution in [3.8, 4) is 0 Å². The summed E-state index contributed by atoms with van der Waals surface area (Å²) in [6.45, 7) is 12.6. The molecule has 2 saturated heterocycles. The lowest BCUT2D eigenvalue weighted by atomic mass is 9.50. The monoisotopic (exact) mass is 616 g/mol. The molecule has 2 aliphatic carbocycles. The number of hydrogen-bond donors (Lipinski definition) is 2. The Morgan fingerprint density at radius 2 is 1.40 bits per heavy atom. The van der Waals surface area contributed by atoms with Crippen molar-refractivity contribution >= 4 is 41.4 Å². The number of esters is 5. The van der Waals surface area contributed by atoms with Crippen molar-refractivity contribution in [2.24, 2.45) is 17.3 Å². The maximum absolute atomic E-state index is 13.0. The van der Waals surface area contributed by atoms with Gasteiger partial charge in [-0.25, -0.2) is 0 Å². The van der Waals surface area contributed by atoms with E-state index < -0.39 is 106 Å². The number of epoxide rings is 1. The molecule has 0 unspecified atom stereocenters. The van der Waals surface area contributed by atoms with Gasteiger partial charge in [0.05, 0.1) is 16.7 Å². The van der Waals surface area contributed by atoms with E-state index in [0.29, 0.717) is 0 Å². The van der Waals surface area contributed by atoms with E-state index in [1.807, 2.05) is 0 Å². The van der Waals surface area contributed by atoms with Crippen LogP contribution in [-0.4, -0.2) is 99.4 Å². The van der Waals surface area contributed by atoms with Gasteiger partial charge in [0.25, 0.3) is 0 Å². The Kier molecular flexibility index (Phi) is 8.24. The number of aliphatic hydroxyl groups is 2. The maximum Gasteiger partial charge on any atom is 0.312 e. The van der Waals surface area contributed by atoms with Gasteiger partial charge in [0.15, 0.2) is 11.7 Å². The lowest BCUT2D eigenvalue weighted by molar-refractivity contribution is -0.293. The van der Waals surface area contributed by atoms with Crippen molar-refractivity contribution in [1.29, 1.82) is 0 Å². The lowest BCUT2D eigenvalue weighted by Gasteiger charge is -2.60. The zero-order valence-corrected chi connectivity index (χ0v) is 25.2. The summed E-state index contributed by atoms with van der Waals surface area (Å²) in [6.07, 6.45) is -9.41. The van der Waals surface area contributed by atoms with Gasteiger partial charge in [-0.2, -0.15) is 0 Å². The van der Waals surface area contributed by atoms with Gasteiger partial charge in [-0.15, -0.1) is 11.6 Å². The predicted molar refractivity (Wildman–Crippen MR) is 140 cm³/mol. The average molecular weight is 617 g/mol. The molecule has 234 valence electrons. The summed E-state index contributed by atoms with van der Waals surface area (Å²) in [4.78, 5) is 62.9. The number of fused-ring (bicyclic) bond motifs is 3. The SMILES string of the molecule is C=C1[C@H]2O[C@H]2[C@H](OC(C)=O)[C@@]2(C)[C@@H](OC(C)=O)C[C@@H](OC(C)=O)[C@@](C)(O)[C@@H]2[C@@H](OC(C)=O)[C@]2(O)[C@@H](C)C(=O)O[C@H]2[C@H]1Cl. The van der Waals surface area contributed by atoms with Gasteiger partial charge >= 0.3 is 29.8 Å². The molecule has 0 aromatic rings. The zero-order valence-electron chi connectivity index (χ0n) is 24.5. The second kappa shape index (κ2) is 10.8. The highest BCUT2D eigenvalue weighted by molar-refractivity contribution is 6.23. The Bertz CT molecular complexity index is 1200. The van der Waals surface area contributed by atoms with E-state index in [4.69, 9.17) is 40.0 Å². The lowest BCUT2D eigenvalue weighted by Crippen LogP contribution is -2.75. The van der Waals surface area contributed by atoms with Crippen LogP contribution in [0.2, 0.25) is 0 Å². The highest BCUT2D eigenvalue weighted by Gasteiger charge is 2.76. The van der Waals surface area contributed by atoms with Crippen LogP contribution in [0.1, 0.15) is 54.9 Å². The number of rotatable bonds is 4. The van der Waals surface area contributed by atoms with E-state index in [0.717, 1.165) is 27.7 Å². The number of hydrogen-bond acceptors (Lipinski definition) is 13. The molecule has 0 radical (unpaired) electrons. The summed E-state index contributed by atoms with van der Waals surface area (Å²) in [5.74, 6) is -7.01. The van der Waals surface area contributed by atoms with E-state index in [-0.39, 0.29) is 12.0 Å². The summed E-state index contributed by atoms with van der Waals surface area (Å²) in [5.41, 5.74) is -6.13.